The number of nitrogens with one attached hydrogen (secondary N) is 4. The number of carbonyl (C=O) groups excluding carboxylic acids is 3. The molecular formula is C45H50N8O6. The van der Waals surface area contributed by atoms with E-state index < -0.39 is 24.3 Å². The molecule has 0 saturated carbocycles. The second kappa shape index (κ2) is 16.1. The highest BCUT2D eigenvalue weighted by molar-refractivity contribution is 5.93. The molecule has 306 valence electrons. The van der Waals surface area contributed by atoms with Crippen molar-refractivity contribution in [2.45, 2.75) is 77.5 Å². The lowest BCUT2D eigenvalue weighted by molar-refractivity contribution is -0.136. The lowest BCUT2D eigenvalue weighted by Crippen LogP contribution is -2.51. The van der Waals surface area contributed by atoms with Crippen LogP contribution in [0.15, 0.2) is 72.8 Å². The smallest absolute Gasteiger partial charge is 0.407 e. The summed E-state index contributed by atoms with van der Waals surface area (Å²) in [4.78, 5) is 71.1. The Morgan fingerprint density at radius 2 is 1.10 bits per heavy atom. The summed E-state index contributed by atoms with van der Waals surface area (Å²) in [5.41, 5.74) is 7.49. The zero-order valence-corrected chi connectivity index (χ0v) is 33.9. The third-order valence-corrected chi connectivity index (χ3v) is 11.8. The van der Waals surface area contributed by atoms with Crippen molar-refractivity contribution in [3.63, 3.8) is 0 Å². The van der Waals surface area contributed by atoms with E-state index in [1.54, 1.807) is 4.90 Å². The van der Waals surface area contributed by atoms with Gasteiger partial charge in [0.1, 0.15) is 23.7 Å². The van der Waals surface area contributed by atoms with Crippen LogP contribution in [0.5, 0.6) is 0 Å². The first-order valence-electron chi connectivity index (χ1n) is 20.4. The molecule has 4 heterocycles. The lowest BCUT2D eigenvalue weighted by atomic mass is 9.97. The fourth-order valence-corrected chi connectivity index (χ4v) is 8.66. The Balaban J connectivity index is 1.02. The highest BCUT2D eigenvalue weighted by Crippen LogP contribution is 2.36. The minimum Gasteiger partial charge on any atom is -0.465 e. The number of aromatic amines is 2. The molecule has 14 nitrogen and oxygen atoms in total. The molecule has 0 aliphatic carbocycles. The van der Waals surface area contributed by atoms with Crippen LogP contribution >= 0.6 is 0 Å². The number of fused-ring (bicyclic) bond motifs is 3. The zero-order chi connectivity index (χ0) is 41.5. The van der Waals surface area contributed by atoms with E-state index >= 15 is 0 Å². The highest BCUT2D eigenvalue weighted by Gasteiger charge is 2.39. The van der Waals surface area contributed by atoms with E-state index in [9.17, 15) is 24.3 Å². The summed E-state index contributed by atoms with van der Waals surface area (Å²) in [5.74, 6) is 0.751. The van der Waals surface area contributed by atoms with Crippen LogP contribution in [0.2, 0.25) is 0 Å². The van der Waals surface area contributed by atoms with Gasteiger partial charge in [0.15, 0.2) is 0 Å². The fraction of sp³-hybridized carbons (Fsp3) is 0.378. The second-order valence-electron chi connectivity index (χ2n) is 16.4. The van der Waals surface area contributed by atoms with Gasteiger partial charge >= 0.3 is 12.2 Å². The summed E-state index contributed by atoms with van der Waals surface area (Å²) in [7, 11) is 1.29. The lowest BCUT2D eigenvalue weighted by Gasteiger charge is -2.29. The van der Waals surface area contributed by atoms with Gasteiger partial charge in [0.25, 0.3) is 0 Å². The van der Waals surface area contributed by atoms with Gasteiger partial charge in [0.2, 0.25) is 11.8 Å². The highest BCUT2D eigenvalue weighted by atomic mass is 16.5. The number of aromatic nitrogens is 4. The van der Waals surface area contributed by atoms with Crippen LogP contribution in [0.4, 0.5) is 9.59 Å². The molecule has 5 N–H and O–H groups in total. The van der Waals surface area contributed by atoms with Crippen molar-refractivity contribution in [3.8, 4) is 22.3 Å². The number of methoxy groups -OCH3 is 1. The number of hydrogen-bond acceptors (Lipinski definition) is 7. The number of benzene rings is 4. The minimum atomic E-state index is -1.21. The molecule has 2 aliphatic rings. The first kappa shape index (κ1) is 39.4. The number of nitrogens with zero attached hydrogens (tertiary/aromatic N) is 4. The first-order valence-corrected chi connectivity index (χ1v) is 20.4. The Kier molecular flexibility index (Phi) is 10.7. The van der Waals surface area contributed by atoms with Crippen molar-refractivity contribution in [1.29, 1.82) is 0 Å². The number of carboxylic acid groups (broad SMARTS) is 1. The molecule has 2 aliphatic heterocycles. The molecule has 4 amide bonds. The van der Waals surface area contributed by atoms with E-state index in [1.165, 1.54) is 7.11 Å². The van der Waals surface area contributed by atoms with Crippen molar-refractivity contribution >= 4 is 56.8 Å². The van der Waals surface area contributed by atoms with Crippen LogP contribution < -0.4 is 10.6 Å². The Bertz CT molecular complexity index is 2580. The molecule has 6 aromatic rings. The van der Waals surface area contributed by atoms with Crippen LogP contribution in [0, 0.1) is 11.8 Å². The van der Waals surface area contributed by atoms with E-state index in [0.717, 1.165) is 86.6 Å². The maximum Gasteiger partial charge on any atom is 0.407 e. The molecule has 0 radical (unpaired) electrons. The number of alkyl carbamates (subject to hydrolysis) is 1. The van der Waals surface area contributed by atoms with Gasteiger partial charge in [-0.1, -0.05) is 64.1 Å². The van der Waals surface area contributed by atoms with E-state index in [0.29, 0.717) is 18.9 Å². The van der Waals surface area contributed by atoms with Gasteiger partial charge in [0.05, 0.1) is 41.3 Å². The molecular weight excluding hydrogens is 749 g/mol. The van der Waals surface area contributed by atoms with Gasteiger partial charge in [-0.2, -0.15) is 0 Å². The van der Waals surface area contributed by atoms with Crippen molar-refractivity contribution in [1.82, 2.24) is 40.4 Å². The third-order valence-electron chi connectivity index (χ3n) is 11.8. The molecule has 0 unspecified atom stereocenters. The monoisotopic (exact) mass is 798 g/mol. The number of ether oxygens (including phenoxy) is 1. The average molecular weight is 799 g/mol. The molecule has 2 fully saturated rings. The van der Waals surface area contributed by atoms with Crippen molar-refractivity contribution in [2.24, 2.45) is 11.8 Å². The second-order valence-corrected chi connectivity index (χ2v) is 16.4. The molecule has 4 aromatic carbocycles. The van der Waals surface area contributed by atoms with Crippen LogP contribution in [0.3, 0.4) is 0 Å². The number of amides is 4. The van der Waals surface area contributed by atoms with Gasteiger partial charge in [-0.05, 0) is 107 Å². The number of H-pyrrole nitrogens is 2. The van der Waals surface area contributed by atoms with Crippen molar-refractivity contribution in [2.75, 3.05) is 20.2 Å². The Morgan fingerprint density at radius 3 is 1.54 bits per heavy atom. The Hall–Kier alpha value is -6.44. The Labute approximate surface area is 341 Å². The van der Waals surface area contributed by atoms with Crippen molar-refractivity contribution in [3.05, 3.63) is 84.4 Å². The third kappa shape index (κ3) is 7.78. The first-order chi connectivity index (χ1) is 28.4. The van der Waals surface area contributed by atoms with Gasteiger partial charge in [-0.25, -0.2) is 19.6 Å². The van der Waals surface area contributed by atoms with Gasteiger partial charge in [-0.15, -0.1) is 0 Å². The van der Waals surface area contributed by atoms with E-state index in [4.69, 9.17) is 14.7 Å². The van der Waals surface area contributed by atoms with Crippen molar-refractivity contribution < 1.29 is 29.0 Å². The van der Waals surface area contributed by atoms with Crippen LogP contribution in [0.1, 0.15) is 77.1 Å². The molecule has 2 aromatic heterocycles. The SMILES string of the molecule is COC(=O)N[C@H](C(=O)N1CCC[C@H]1c1nc2cc(-c3ccc4ccc(-c5ccc6[nH]c([C@@H]7CCCN7C(=O)[C@@H](NC(=O)O)C(C)C)nc6c5)cc4c3)ccc2[nH]1)C(C)C. The number of hydrogen-bond donors (Lipinski definition) is 5. The molecule has 14 heteroatoms. The minimum absolute atomic E-state index is 0.115. The summed E-state index contributed by atoms with van der Waals surface area (Å²) in [5, 5.41) is 16.7. The molecule has 8 rings (SSSR count). The largest absolute Gasteiger partial charge is 0.465 e. The van der Waals surface area contributed by atoms with E-state index in [-0.39, 0.29) is 35.7 Å². The maximum absolute atomic E-state index is 13.7. The summed E-state index contributed by atoms with van der Waals surface area (Å²) in [6.07, 6.45) is 1.33. The summed E-state index contributed by atoms with van der Waals surface area (Å²) in [6, 6.07) is 23.2. The number of likely N-dealkylation sites (tertiary alicyclic amines) is 2. The van der Waals surface area contributed by atoms with Crippen LogP contribution in [0.25, 0.3) is 55.1 Å². The number of imidazole rings is 2. The standard InChI is InChI=1S/C45H50N8O6/c1-24(2)38(50-44(56)57)42(54)52-18-6-8-36(52)40-46-32-16-14-29(22-34(32)48-40)27-12-10-26-11-13-28(21-31(26)20-27)30-15-17-33-35(23-30)49-41(47-33)37-9-7-19-53(37)43(55)39(25(3)4)51-45(58)59-5/h10-17,20-25,36-39,50H,6-9,18-19H2,1-5H3,(H,46,48)(H,47,49)(H,51,58)(H,56,57)/t36-,37-,38-,39-/m0/s1. The molecule has 4 atom stereocenters. The molecule has 0 spiro atoms. The molecule has 2 saturated heterocycles. The maximum atomic E-state index is 13.7. The van der Waals surface area contributed by atoms with Gasteiger partial charge in [-0.3, -0.25) is 9.59 Å². The molecule has 59 heavy (non-hydrogen) atoms. The average Bonchev–Trinajstić information content (AvgIpc) is 4.05. The molecule has 0 bridgehead atoms. The zero-order valence-electron chi connectivity index (χ0n) is 33.9. The van der Waals surface area contributed by atoms with Gasteiger partial charge < -0.3 is 40.2 Å². The predicted molar refractivity (Wildman–Crippen MR) is 225 cm³/mol. The topological polar surface area (TPSA) is 186 Å². The van der Waals surface area contributed by atoms with E-state index in [2.05, 4.69) is 81.3 Å². The Morgan fingerprint density at radius 1 is 0.661 bits per heavy atom. The number of rotatable bonds is 10. The fourth-order valence-electron chi connectivity index (χ4n) is 8.66. The van der Waals surface area contributed by atoms with Crippen LogP contribution in [-0.2, 0) is 14.3 Å². The van der Waals surface area contributed by atoms with Gasteiger partial charge in [0, 0.05) is 13.1 Å². The normalized spacial score (nSPS) is 17.9. The summed E-state index contributed by atoms with van der Waals surface area (Å²) < 4.78 is 4.78. The number of carbonyl (C=O) groups is 4. The van der Waals surface area contributed by atoms with E-state index in [1.807, 2.05) is 44.7 Å². The summed E-state index contributed by atoms with van der Waals surface area (Å²) in [6.45, 7) is 8.62. The summed E-state index contributed by atoms with van der Waals surface area (Å²) >= 11 is 0. The quantitative estimate of drug-likeness (QED) is 0.0925. The van der Waals surface area contributed by atoms with Crippen LogP contribution in [-0.4, -0.2) is 91.1 Å². The predicted octanol–water partition coefficient (Wildman–Crippen LogP) is 7.93.